The summed E-state index contributed by atoms with van der Waals surface area (Å²) in [5.74, 6) is 2.46. The van der Waals surface area contributed by atoms with E-state index in [-0.39, 0.29) is 0 Å². The molecule has 9 aliphatic rings. The van der Waals surface area contributed by atoms with Gasteiger partial charge in [-0.15, -0.1) is 0 Å². The average molecular weight is 748 g/mol. The maximum absolute atomic E-state index is 6.37. The summed E-state index contributed by atoms with van der Waals surface area (Å²) in [4.78, 5) is 2.87. The normalized spacial score (nSPS) is 28.5. The van der Waals surface area contributed by atoms with E-state index in [1.54, 1.807) is 22.4 Å². The quantitative estimate of drug-likeness (QED) is 0.265. The molecule has 4 nitrogen and oxygen atoms in total. The molecule has 57 heavy (non-hydrogen) atoms. The highest BCUT2D eigenvalue weighted by atomic mass is 16.3. The van der Waals surface area contributed by atoms with Crippen molar-refractivity contribution in [1.82, 2.24) is 14.8 Å². The van der Waals surface area contributed by atoms with Gasteiger partial charge in [-0.1, -0.05) is 90.6 Å². The van der Waals surface area contributed by atoms with Crippen molar-refractivity contribution in [3.8, 4) is 0 Å². The Hall–Kier alpha value is -5.22. The monoisotopic (exact) mass is 747 g/mol. The van der Waals surface area contributed by atoms with Crippen molar-refractivity contribution in [2.24, 2.45) is 17.8 Å². The van der Waals surface area contributed by atoms with Gasteiger partial charge >= 0.3 is 0 Å². The van der Waals surface area contributed by atoms with Crippen LogP contribution in [-0.4, -0.2) is 28.1 Å². The second-order valence-electron chi connectivity index (χ2n) is 17.8. The number of fused-ring (bicyclic) bond motifs is 8. The van der Waals surface area contributed by atoms with E-state index in [2.05, 4.69) is 130 Å². The number of hydrogen-bond donors (Lipinski definition) is 1. The first-order valence-electron chi connectivity index (χ1n) is 22.2. The standard InChI is InChI=1S/C53H53N3O/c1-2-10-34(11-3-1)38-28-39(35-24-26-54-27-25-35)30-41(29-38)56-49-16-8-5-13-43(49)46-32-37(19-22-51(46)56)36-18-21-50-45(31-36)42-12-4-7-15-48(42)55(50)40-20-23-53-47(33-40)44-14-6-9-17-52(44)57-53/h4-6,8,10,12-14,16,22-26,28-29,31-33,37,39-40,45,50,54H,1-3,7,9,11,15,17-21,27,30H2. The molecule has 1 aromatic carbocycles. The van der Waals surface area contributed by atoms with E-state index in [9.17, 15) is 0 Å². The van der Waals surface area contributed by atoms with Gasteiger partial charge in [0, 0.05) is 74.9 Å². The molecule has 0 spiro atoms. The zero-order valence-corrected chi connectivity index (χ0v) is 33.1. The number of benzene rings is 1. The van der Waals surface area contributed by atoms with Crippen LogP contribution in [0.5, 0.6) is 0 Å². The van der Waals surface area contributed by atoms with Gasteiger partial charge in [-0.05, 0) is 130 Å². The molecular weight excluding hydrogens is 695 g/mol. The van der Waals surface area contributed by atoms with Crippen LogP contribution >= 0.6 is 0 Å². The third kappa shape index (κ3) is 5.61. The van der Waals surface area contributed by atoms with Crippen LogP contribution in [0.15, 0.2) is 123 Å². The summed E-state index contributed by atoms with van der Waals surface area (Å²) in [5, 5.41) is 8.93. The number of hydrogen-bond acceptors (Lipinski definition) is 3. The van der Waals surface area contributed by atoms with E-state index in [1.807, 2.05) is 0 Å². The van der Waals surface area contributed by atoms with Crippen LogP contribution in [0.25, 0.3) is 47.0 Å². The first-order valence-corrected chi connectivity index (χ1v) is 22.2. The second kappa shape index (κ2) is 13.7. The molecule has 0 radical (unpaired) electrons. The fraction of sp³-hybridized carbons (Fsp3) is 0.358. The van der Waals surface area contributed by atoms with E-state index in [0.717, 1.165) is 56.9 Å². The van der Waals surface area contributed by atoms with Gasteiger partial charge < -0.3 is 19.2 Å². The maximum Gasteiger partial charge on any atom is 0.130 e. The maximum atomic E-state index is 6.37. The predicted octanol–water partition coefficient (Wildman–Crippen LogP) is 8.76. The number of dihydropyridines is 1. The third-order valence-corrected chi connectivity index (χ3v) is 14.6. The van der Waals surface area contributed by atoms with Crippen LogP contribution in [0, 0.1) is 17.8 Å². The van der Waals surface area contributed by atoms with Crippen LogP contribution in [0.2, 0.25) is 0 Å². The summed E-state index contributed by atoms with van der Waals surface area (Å²) < 4.78 is 9.01. The molecule has 2 aliphatic heterocycles. The lowest BCUT2D eigenvalue weighted by molar-refractivity contribution is 0.202. The van der Waals surface area contributed by atoms with Crippen molar-refractivity contribution in [2.75, 3.05) is 6.54 Å². The van der Waals surface area contributed by atoms with Gasteiger partial charge in [0.1, 0.15) is 11.2 Å². The van der Waals surface area contributed by atoms with Crippen LogP contribution in [0.1, 0.15) is 88.4 Å². The number of aromatic nitrogens is 1. The first-order chi connectivity index (χ1) is 28.2. The second-order valence-corrected chi connectivity index (χ2v) is 17.8. The van der Waals surface area contributed by atoms with Crippen molar-refractivity contribution in [2.45, 2.75) is 95.6 Å². The molecule has 2 aromatic heterocycles. The number of aryl methyl sites for hydroxylation is 1. The molecule has 1 N–H and O–H groups in total. The summed E-state index contributed by atoms with van der Waals surface area (Å²) in [6, 6.07) is 10.1. The summed E-state index contributed by atoms with van der Waals surface area (Å²) >= 11 is 0. The molecule has 0 saturated carbocycles. The lowest BCUT2D eigenvalue weighted by Crippen LogP contribution is -2.44. The Morgan fingerprint density at radius 2 is 1.72 bits per heavy atom. The van der Waals surface area contributed by atoms with E-state index >= 15 is 0 Å². The Morgan fingerprint density at radius 3 is 2.65 bits per heavy atom. The van der Waals surface area contributed by atoms with E-state index in [4.69, 9.17) is 4.42 Å². The molecule has 0 saturated heterocycles. The molecule has 5 atom stereocenters. The fourth-order valence-electron chi connectivity index (χ4n) is 12.0. The molecule has 12 rings (SSSR count). The molecular formula is C53H53N3O. The van der Waals surface area contributed by atoms with Crippen LogP contribution in [0.4, 0.5) is 0 Å². The van der Waals surface area contributed by atoms with Gasteiger partial charge in [-0.2, -0.15) is 0 Å². The highest BCUT2D eigenvalue weighted by Gasteiger charge is 2.44. The highest BCUT2D eigenvalue weighted by molar-refractivity contribution is 5.87. The van der Waals surface area contributed by atoms with Gasteiger partial charge in [0.15, 0.2) is 0 Å². The number of nitrogens with zero attached hydrogens (tertiary/aromatic N) is 2. The molecule has 3 aromatic rings. The van der Waals surface area contributed by atoms with Crippen molar-refractivity contribution in [3.63, 3.8) is 0 Å². The predicted molar refractivity (Wildman–Crippen MR) is 235 cm³/mol. The lowest BCUT2D eigenvalue weighted by Gasteiger charge is -2.40. The van der Waals surface area contributed by atoms with Gasteiger partial charge in [-0.3, -0.25) is 0 Å². The van der Waals surface area contributed by atoms with E-state index < -0.39 is 0 Å². The van der Waals surface area contributed by atoms with Gasteiger partial charge in [0.05, 0.1) is 11.6 Å². The molecule has 0 amide bonds. The van der Waals surface area contributed by atoms with Crippen molar-refractivity contribution in [1.29, 1.82) is 0 Å². The van der Waals surface area contributed by atoms with Crippen LogP contribution in [-0.2, 0) is 6.42 Å². The van der Waals surface area contributed by atoms with Gasteiger partial charge in [0.25, 0.3) is 0 Å². The Morgan fingerprint density at radius 1 is 0.772 bits per heavy atom. The van der Waals surface area contributed by atoms with Crippen molar-refractivity contribution < 1.29 is 4.42 Å². The molecule has 0 bridgehead atoms. The Bertz CT molecular complexity index is 2760. The zero-order valence-electron chi connectivity index (χ0n) is 33.1. The minimum absolute atomic E-state index is 0.380. The minimum Gasteiger partial charge on any atom is -0.461 e. The third-order valence-electron chi connectivity index (χ3n) is 14.6. The smallest absolute Gasteiger partial charge is 0.130 e. The Labute approximate surface area is 336 Å². The molecule has 0 fully saturated rings. The summed E-state index contributed by atoms with van der Waals surface area (Å²) in [6.07, 6.45) is 51.9. The number of nitrogens with one attached hydrogen (secondary N) is 1. The number of para-hydroxylation sites is 1. The molecule has 7 aliphatic carbocycles. The number of rotatable bonds is 5. The lowest BCUT2D eigenvalue weighted by atomic mass is 9.77. The molecule has 5 unspecified atom stereocenters. The molecule has 286 valence electrons. The van der Waals surface area contributed by atoms with E-state index in [0.29, 0.717) is 29.8 Å². The van der Waals surface area contributed by atoms with Gasteiger partial charge in [0.2, 0.25) is 0 Å². The zero-order chi connectivity index (χ0) is 37.5. The molecule has 4 heteroatoms. The van der Waals surface area contributed by atoms with Crippen molar-refractivity contribution >= 4 is 47.0 Å². The largest absolute Gasteiger partial charge is 0.461 e. The first kappa shape index (κ1) is 33.9. The summed E-state index contributed by atoms with van der Waals surface area (Å²) in [5.41, 5.74) is 14.5. The van der Waals surface area contributed by atoms with Crippen LogP contribution in [0.3, 0.4) is 0 Å². The number of allylic oxidation sites excluding steroid dienone is 13. The average Bonchev–Trinajstić information content (AvgIpc) is 3.94. The van der Waals surface area contributed by atoms with Crippen molar-refractivity contribution in [3.05, 3.63) is 151 Å². The van der Waals surface area contributed by atoms with Gasteiger partial charge in [-0.25, -0.2) is 0 Å². The minimum atomic E-state index is 0.380. The number of furan rings is 1. The fourth-order valence-corrected chi connectivity index (χ4v) is 12.0. The Balaban J connectivity index is 0.905. The SMILES string of the molecule is C1=CC2=C(CC1)N(C1C=c3c4c(oc3=CC1)CCC=C4)C1CCC(C3C=c4c(n(C5=CC(C6=CCCCC6)=CC(C6=CCNC=C6)C5)c5ccccc45)=CC3)=CC21. The summed E-state index contributed by atoms with van der Waals surface area (Å²) in [7, 11) is 0. The molecule has 4 heterocycles. The summed E-state index contributed by atoms with van der Waals surface area (Å²) in [6.45, 7) is 0.910. The van der Waals surface area contributed by atoms with E-state index in [1.165, 1.54) is 93.4 Å². The topological polar surface area (TPSA) is 33.3 Å². The Kier molecular flexibility index (Phi) is 8.15. The van der Waals surface area contributed by atoms with Crippen LogP contribution < -0.4 is 26.5 Å². The highest BCUT2D eigenvalue weighted by Crippen LogP contribution is 2.48.